The Labute approximate surface area is 136 Å². The first-order chi connectivity index (χ1) is 11.1. The number of fused-ring (bicyclic) bond motifs is 1. The number of ether oxygens (including phenoxy) is 2. The number of hydrogen-bond acceptors (Lipinski definition) is 3. The normalized spacial score (nSPS) is 18.2. The van der Waals surface area contributed by atoms with Gasteiger partial charge in [0.1, 0.15) is 0 Å². The van der Waals surface area contributed by atoms with Gasteiger partial charge in [0.15, 0.2) is 5.79 Å². The van der Waals surface area contributed by atoms with E-state index >= 15 is 0 Å². The smallest absolute Gasteiger partial charge is 0.224 e. The molecule has 2 aromatic rings. The van der Waals surface area contributed by atoms with Gasteiger partial charge in [-0.1, -0.05) is 25.1 Å². The van der Waals surface area contributed by atoms with Crippen molar-refractivity contribution in [3.05, 3.63) is 36.0 Å². The summed E-state index contributed by atoms with van der Waals surface area (Å²) in [7, 11) is 0. The van der Waals surface area contributed by atoms with Gasteiger partial charge < -0.3 is 19.8 Å². The van der Waals surface area contributed by atoms with Crippen molar-refractivity contribution in [2.75, 3.05) is 19.8 Å². The minimum Gasteiger partial charge on any atom is -0.361 e. The van der Waals surface area contributed by atoms with Crippen LogP contribution in [0.5, 0.6) is 0 Å². The summed E-state index contributed by atoms with van der Waals surface area (Å²) in [5.74, 6) is -0.161. The number of carbonyl (C=O) groups is 1. The standard InChI is InChI=1S/C18H24N2O3/c1-13(10-18(2)22-7-8-23-18)11-20-17(21)9-14-12-19-16-6-4-3-5-15(14)16/h3-6,12-13,19H,7-11H2,1-2H3,(H,20,21)/t13-/m0/s1. The van der Waals surface area contributed by atoms with Crippen molar-refractivity contribution in [3.8, 4) is 0 Å². The zero-order valence-electron chi connectivity index (χ0n) is 13.7. The molecule has 0 spiro atoms. The summed E-state index contributed by atoms with van der Waals surface area (Å²) in [6.07, 6.45) is 3.08. The van der Waals surface area contributed by atoms with Gasteiger partial charge in [-0.2, -0.15) is 0 Å². The highest BCUT2D eigenvalue weighted by Crippen LogP contribution is 2.26. The molecule has 1 saturated heterocycles. The molecule has 1 fully saturated rings. The van der Waals surface area contributed by atoms with Crippen molar-refractivity contribution in [2.24, 2.45) is 5.92 Å². The Kier molecular flexibility index (Phi) is 4.68. The number of hydrogen-bond donors (Lipinski definition) is 2. The molecule has 0 saturated carbocycles. The molecule has 3 rings (SSSR count). The maximum absolute atomic E-state index is 12.2. The number of aromatic amines is 1. The highest BCUT2D eigenvalue weighted by molar-refractivity contribution is 5.88. The lowest BCUT2D eigenvalue weighted by molar-refractivity contribution is -0.154. The Balaban J connectivity index is 1.49. The summed E-state index contributed by atoms with van der Waals surface area (Å²) in [6, 6.07) is 8.02. The van der Waals surface area contributed by atoms with Crippen molar-refractivity contribution >= 4 is 16.8 Å². The number of carbonyl (C=O) groups excluding carboxylic acids is 1. The fourth-order valence-electron chi connectivity index (χ4n) is 3.18. The van der Waals surface area contributed by atoms with Gasteiger partial charge >= 0.3 is 0 Å². The molecule has 1 aliphatic heterocycles. The molecule has 1 aromatic heterocycles. The Bertz CT molecular complexity index is 674. The largest absolute Gasteiger partial charge is 0.361 e. The second-order valence-electron chi connectivity index (χ2n) is 6.48. The van der Waals surface area contributed by atoms with Crippen LogP contribution in [0.1, 0.15) is 25.8 Å². The summed E-state index contributed by atoms with van der Waals surface area (Å²) >= 11 is 0. The molecule has 23 heavy (non-hydrogen) atoms. The van der Waals surface area contributed by atoms with Crippen LogP contribution < -0.4 is 5.32 Å². The lowest BCUT2D eigenvalue weighted by Gasteiger charge is -2.26. The Morgan fingerprint density at radius 1 is 1.35 bits per heavy atom. The van der Waals surface area contributed by atoms with Crippen LogP contribution in [0, 0.1) is 5.92 Å². The van der Waals surface area contributed by atoms with E-state index in [9.17, 15) is 4.79 Å². The predicted molar refractivity (Wildman–Crippen MR) is 89.1 cm³/mol. The molecule has 2 heterocycles. The molecule has 1 aromatic carbocycles. The molecule has 0 bridgehead atoms. The molecule has 2 N–H and O–H groups in total. The van der Waals surface area contributed by atoms with Crippen molar-refractivity contribution in [3.63, 3.8) is 0 Å². The topological polar surface area (TPSA) is 63.4 Å². The fourth-order valence-corrected chi connectivity index (χ4v) is 3.18. The number of amides is 1. The van der Waals surface area contributed by atoms with Gasteiger partial charge in [-0.15, -0.1) is 0 Å². The molecule has 1 amide bonds. The summed E-state index contributed by atoms with van der Waals surface area (Å²) in [5.41, 5.74) is 2.09. The highest BCUT2D eigenvalue weighted by Gasteiger charge is 2.32. The van der Waals surface area contributed by atoms with E-state index in [1.54, 1.807) is 0 Å². The zero-order chi connectivity index (χ0) is 16.3. The number of benzene rings is 1. The first-order valence-electron chi connectivity index (χ1n) is 8.15. The molecule has 5 heteroatoms. The van der Waals surface area contributed by atoms with Crippen LogP contribution in [-0.2, 0) is 20.7 Å². The van der Waals surface area contributed by atoms with E-state index in [1.807, 2.05) is 37.4 Å². The number of rotatable bonds is 6. The van der Waals surface area contributed by atoms with Crippen LogP contribution >= 0.6 is 0 Å². The molecule has 1 atom stereocenters. The maximum atomic E-state index is 12.2. The van der Waals surface area contributed by atoms with Crippen molar-refractivity contribution < 1.29 is 14.3 Å². The highest BCUT2D eigenvalue weighted by atomic mass is 16.7. The lowest BCUT2D eigenvalue weighted by atomic mass is 10.0. The van der Waals surface area contributed by atoms with Gasteiger partial charge in [0.25, 0.3) is 0 Å². The summed E-state index contributed by atoms with van der Waals surface area (Å²) < 4.78 is 11.2. The third-order valence-electron chi connectivity index (χ3n) is 4.29. The van der Waals surface area contributed by atoms with Gasteiger partial charge in [-0.3, -0.25) is 4.79 Å². The zero-order valence-corrected chi connectivity index (χ0v) is 13.7. The first-order valence-corrected chi connectivity index (χ1v) is 8.15. The second kappa shape index (κ2) is 6.72. The second-order valence-corrected chi connectivity index (χ2v) is 6.48. The Hall–Kier alpha value is -1.85. The summed E-state index contributed by atoms with van der Waals surface area (Å²) in [4.78, 5) is 15.4. The number of aromatic nitrogens is 1. The Morgan fingerprint density at radius 3 is 2.87 bits per heavy atom. The van der Waals surface area contributed by atoms with Gasteiger partial charge in [-0.25, -0.2) is 0 Å². The first kappa shape index (κ1) is 16.0. The van der Waals surface area contributed by atoms with Gasteiger partial charge in [0.05, 0.1) is 19.6 Å². The van der Waals surface area contributed by atoms with E-state index < -0.39 is 5.79 Å². The quantitative estimate of drug-likeness (QED) is 0.861. The third kappa shape index (κ3) is 3.92. The van der Waals surface area contributed by atoms with Crippen LogP contribution in [0.25, 0.3) is 10.9 Å². The number of H-pyrrole nitrogens is 1. The molecular formula is C18H24N2O3. The fraction of sp³-hybridized carbons (Fsp3) is 0.500. The predicted octanol–water partition coefficient (Wildman–Crippen LogP) is 2.62. The van der Waals surface area contributed by atoms with Crippen molar-refractivity contribution in [1.82, 2.24) is 10.3 Å². The SMILES string of the molecule is C[C@H](CNC(=O)Cc1c[nH]c2ccccc12)CC1(C)OCCO1. The van der Waals surface area contributed by atoms with E-state index in [4.69, 9.17) is 9.47 Å². The third-order valence-corrected chi connectivity index (χ3v) is 4.29. The maximum Gasteiger partial charge on any atom is 0.224 e. The Morgan fingerprint density at radius 2 is 2.09 bits per heavy atom. The average molecular weight is 316 g/mol. The van der Waals surface area contributed by atoms with Crippen LogP contribution in [0.2, 0.25) is 0 Å². The average Bonchev–Trinajstić information content (AvgIpc) is 3.13. The van der Waals surface area contributed by atoms with Crippen LogP contribution in [0.4, 0.5) is 0 Å². The molecular weight excluding hydrogens is 292 g/mol. The molecule has 0 aliphatic carbocycles. The lowest BCUT2D eigenvalue weighted by Crippen LogP contribution is -2.34. The van der Waals surface area contributed by atoms with Gasteiger partial charge in [-0.05, 0) is 24.5 Å². The number of para-hydroxylation sites is 1. The minimum atomic E-state index is -0.499. The number of nitrogens with one attached hydrogen (secondary N) is 2. The summed E-state index contributed by atoms with van der Waals surface area (Å²) in [6.45, 7) is 5.99. The van der Waals surface area contributed by atoms with E-state index in [0.717, 1.165) is 22.9 Å². The van der Waals surface area contributed by atoms with E-state index in [-0.39, 0.29) is 5.91 Å². The molecule has 5 nitrogen and oxygen atoms in total. The van der Waals surface area contributed by atoms with Crippen LogP contribution in [0.15, 0.2) is 30.5 Å². The van der Waals surface area contributed by atoms with Crippen LogP contribution in [0.3, 0.4) is 0 Å². The van der Waals surface area contributed by atoms with Gasteiger partial charge in [0, 0.05) is 30.1 Å². The monoisotopic (exact) mass is 316 g/mol. The van der Waals surface area contributed by atoms with Gasteiger partial charge in [0.2, 0.25) is 5.91 Å². The van der Waals surface area contributed by atoms with E-state index in [1.165, 1.54) is 0 Å². The molecule has 1 aliphatic rings. The molecule has 0 unspecified atom stereocenters. The van der Waals surface area contributed by atoms with Crippen molar-refractivity contribution in [2.45, 2.75) is 32.5 Å². The summed E-state index contributed by atoms with van der Waals surface area (Å²) in [5, 5.41) is 4.12. The van der Waals surface area contributed by atoms with E-state index in [0.29, 0.717) is 32.1 Å². The van der Waals surface area contributed by atoms with Crippen molar-refractivity contribution in [1.29, 1.82) is 0 Å². The van der Waals surface area contributed by atoms with Crippen LogP contribution in [-0.4, -0.2) is 36.4 Å². The molecule has 124 valence electrons. The molecule has 0 radical (unpaired) electrons. The minimum absolute atomic E-state index is 0.0417. The van der Waals surface area contributed by atoms with E-state index in [2.05, 4.69) is 17.2 Å².